The molecule has 2 fully saturated rings. The monoisotopic (exact) mass is 790 g/mol. The lowest BCUT2D eigenvalue weighted by Gasteiger charge is -2.35. The Hall–Kier alpha value is -4.82. The number of aliphatic hydroxyl groups excluding tert-OH is 1. The van der Waals surface area contributed by atoms with Gasteiger partial charge in [-0.25, -0.2) is 4.79 Å². The van der Waals surface area contributed by atoms with E-state index in [-0.39, 0.29) is 71.3 Å². The van der Waals surface area contributed by atoms with Gasteiger partial charge >= 0.3 is 12.1 Å². The van der Waals surface area contributed by atoms with Crippen LogP contribution in [0, 0.1) is 5.92 Å². The number of carbonyl (C=O) groups is 2. The van der Waals surface area contributed by atoms with E-state index in [0.717, 1.165) is 51.4 Å². The van der Waals surface area contributed by atoms with Crippen molar-refractivity contribution in [2.75, 3.05) is 39.2 Å². The number of ether oxygens (including phenoxy) is 3. The number of phenolic OH excluding ortho intramolecular Hbond substituents is 2. The Kier molecular flexibility index (Phi) is 13.8. The molecule has 2 aliphatic rings. The summed E-state index contributed by atoms with van der Waals surface area (Å²) < 4.78 is 17.1. The number of nitrogens with one attached hydrogen (secondary N) is 3. The highest BCUT2D eigenvalue weighted by molar-refractivity contribution is 6.33. The molecule has 4 aromatic rings. The van der Waals surface area contributed by atoms with Gasteiger partial charge in [-0.3, -0.25) is 14.9 Å². The van der Waals surface area contributed by atoms with E-state index in [1.54, 1.807) is 36.4 Å². The molecule has 2 saturated carbocycles. The van der Waals surface area contributed by atoms with E-state index in [1.165, 1.54) is 19.2 Å². The number of benzene rings is 3. The lowest BCUT2D eigenvalue weighted by molar-refractivity contribution is -0.154. The number of amides is 1. The first-order valence-electron chi connectivity index (χ1n) is 19.2. The van der Waals surface area contributed by atoms with Gasteiger partial charge in [-0.15, -0.1) is 0 Å². The van der Waals surface area contributed by atoms with Crippen LogP contribution in [0.3, 0.4) is 0 Å². The molecule has 13 nitrogen and oxygen atoms in total. The fourth-order valence-corrected chi connectivity index (χ4v) is 8.32. The van der Waals surface area contributed by atoms with Gasteiger partial charge < -0.3 is 44.7 Å². The summed E-state index contributed by atoms with van der Waals surface area (Å²) in [6.07, 6.45) is 5.49. The summed E-state index contributed by atoms with van der Waals surface area (Å²) in [7, 11) is 3.50. The van der Waals surface area contributed by atoms with Gasteiger partial charge in [0.15, 0.2) is 0 Å². The Labute approximate surface area is 330 Å². The molecular formula is C42H51ClN4O9. The highest BCUT2D eigenvalue weighted by Gasteiger charge is 2.37. The number of likely N-dealkylation sites (N-methyl/N-ethyl adjacent to an activating group) is 1. The van der Waals surface area contributed by atoms with E-state index in [2.05, 4.69) is 20.5 Å². The third kappa shape index (κ3) is 9.94. The molecule has 0 spiro atoms. The lowest BCUT2D eigenvalue weighted by atomic mass is 9.84. The van der Waals surface area contributed by atoms with Crippen molar-refractivity contribution < 1.29 is 39.1 Å². The van der Waals surface area contributed by atoms with Crippen LogP contribution in [0.2, 0.25) is 5.02 Å². The second kappa shape index (κ2) is 18.9. The van der Waals surface area contributed by atoms with Gasteiger partial charge in [-0.1, -0.05) is 48.7 Å². The fourth-order valence-electron chi connectivity index (χ4n) is 8.09. The molecule has 14 heteroatoms. The molecule has 1 amide bonds. The Morgan fingerprint density at radius 2 is 1.71 bits per heavy atom. The summed E-state index contributed by atoms with van der Waals surface area (Å²) in [5.41, 5.74) is 2.11. The van der Waals surface area contributed by atoms with Gasteiger partial charge in [-0.05, 0) is 81.3 Å². The molecule has 1 heterocycles. The maximum atomic E-state index is 13.5. The highest BCUT2D eigenvalue weighted by Crippen LogP contribution is 2.42. The number of pyridine rings is 1. The van der Waals surface area contributed by atoms with E-state index >= 15 is 0 Å². The van der Waals surface area contributed by atoms with Gasteiger partial charge in [0.05, 0.1) is 35.4 Å². The van der Waals surface area contributed by atoms with Crippen molar-refractivity contribution in [3.8, 4) is 17.2 Å². The van der Waals surface area contributed by atoms with E-state index in [4.69, 9.17) is 25.8 Å². The number of aromatic amines is 1. The van der Waals surface area contributed by atoms with E-state index in [1.807, 2.05) is 19.2 Å². The Bertz CT molecular complexity index is 2040. The normalized spacial score (nSPS) is 18.4. The zero-order chi connectivity index (χ0) is 39.8. The molecule has 2 aliphatic carbocycles. The average molecular weight is 791 g/mol. The Morgan fingerprint density at radius 3 is 2.45 bits per heavy atom. The standard InChI is InChI=1S/C42H51ClN4O9/c1-47(27-11-13-28(14-12-27)56-41(52)39(25-7-3-4-8-25)31-9-5-6-10-34(31)48)19-20-55-42(53)45-33-22-37(54-2)26(21-32(33)43)23-44-24-36(50)29-15-17-35(49)40-30(29)16-18-38(51)46-40/h5-6,9-10,15-18,21-22,25,27-28,36,39,44,48-50H,3-4,7-8,11-14,19-20,23-24H2,1-2H3,(H,45,53)(H,46,51)/t27?,28?,36-,39+/m0/s1. The number of carbonyl (C=O) groups excluding carboxylic acids is 2. The average Bonchev–Trinajstić information content (AvgIpc) is 3.72. The number of rotatable bonds is 15. The maximum absolute atomic E-state index is 13.5. The number of hydrogen-bond donors (Lipinski definition) is 6. The highest BCUT2D eigenvalue weighted by atomic mass is 35.5. The lowest BCUT2D eigenvalue weighted by Crippen LogP contribution is -2.40. The van der Waals surface area contributed by atoms with E-state index < -0.39 is 18.1 Å². The second-order valence-electron chi connectivity index (χ2n) is 14.8. The van der Waals surface area contributed by atoms with Crippen LogP contribution in [0.25, 0.3) is 10.9 Å². The minimum Gasteiger partial charge on any atom is -0.508 e. The SMILES string of the molecule is COc1cc(NC(=O)OCCN(C)C2CCC(OC(=O)[C@@H](c3ccccc3O)C3CCCC3)CC2)c(Cl)cc1CNC[C@H](O)c1ccc(O)c2[nH]c(=O)ccc12. The fraction of sp³-hybridized carbons (Fsp3) is 0.452. The van der Waals surface area contributed by atoms with Crippen LogP contribution < -0.4 is 20.9 Å². The molecule has 0 bridgehead atoms. The van der Waals surface area contributed by atoms with Crippen molar-refractivity contribution in [3.63, 3.8) is 0 Å². The number of phenols is 2. The van der Waals surface area contributed by atoms with Crippen molar-refractivity contribution in [3.05, 3.63) is 92.7 Å². The van der Waals surface area contributed by atoms with Crippen LogP contribution in [0.5, 0.6) is 17.2 Å². The number of aromatic hydroxyl groups is 2. The second-order valence-corrected chi connectivity index (χ2v) is 15.2. The van der Waals surface area contributed by atoms with E-state index in [0.29, 0.717) is 40.1 Å². The minimum atomic E-state index is -0.948. The largest absolute Gasteiger partial charge is 0.508 e. The van der Waals surface area contributed by atoms with Gasteiger partial charge in [0, 0.05) is 54.3 Å². The molecule has 6 rings (SSSR count). The summed E-state index contributed by atoms with van der Waals surface area (Å²) in [5, 5.41) is 38.3. The topological polar surface area (TPSA) is 183 Å². The molecule has 0 radical (unpaired) electrons. The molecule has 0 saturated heterocycles. The van der Waals surface area contributed by atoms with Crippen molar-refractivity contribution in [1.29, 1.82) is 0 Å². The molecule has 56 heavy (non-hydrogen) atoms. The van der Waals surface area contributed by atoms with E-state index in [9.17, 15) is 29.7 Å². The Morgan fingerprint density at radius 1 is 0.964 bits per heavy atom. The minimum absolute atomic E-state index is 0.0861. The van der Waals surface area contributed by atoms with Crippen LogP contribution in [0.4, 0.5) is 10.5 Å². The molecule has 1 aromatic heterocycles. The third-order valence-corrected chi connectivity index (χ3v) is 11.5. The number of aromatic nitrogens is 1. The Balaban J connectivity index is 0.934. The van der Waals surface area contributed by atoms with Crippen LogP contribution in [-0.4, -0.2) is 83.3 Å². The number of halogens is 1. The molecule has 6 N–H and O–H groups in total. The predicted molar refractivity (Wildman–Crippen MR) is 213 cm³/mol. The van der Waals surface area contributed by atoms with Crippen molar-refractivity contribution >= 4 is 40.3 Å². The maximum Gasteiger partial charge on any atom is 0.411 e. The number of para-hydroxylation sites is 1. The van der Waals surface area contributed by atoms with Gasteiger partial charge in [-0.2, -0.15) is 0 Å². The third-order valence-electron chi connectivity index (χ3n) is 11.1. The molecule has 0 aliphatic heterocycles. The van der Waals surface area contributed by atoms with Gasteiger partial charge in [0.1, 0.15) is 30.0 Å². The summed E-state index contributed by atoms with van der Waals surface area (Å²) in [5.74, 6) is 0.0128. The van der Waals surface area contributed by atoms with Crippen LogP contribution in [0.15, 0.2) is 65.5 Å². The van der Waals surface area contributed by atoms with Crippen molar-refractivity contribution in [2.24, 2.45) is 5.92 Å². The number of esters is 1. The first-order chi connectivity index (χ1) is 27.0. The number of anilines is 1. The first-order valence-corrected chi connectivity index (χ1v) is 19.6. The molecular weight excluding hydrogens is 740 g/mol. The summed E-state index contributed by atoms with van der Waals surface area (Å²) >= 11 is 6.54. The quantitative estimate of drug-likeness (QED) is 0.0703. The molecule has 300 valence electrons. The smallest absolute Gasteiger partial charge is 0.411 e. The van der Waals surface area contributed by atoms with Crippen LogP contribution in [0.1, 0.15) is 80.1 Å². The number of fused-ring (bicyclic) bond motifs is 1. The molecule has 2 atom stereocenters. The first kappa shape index (κ1) is 40.8. The number of methoxy groups -OCH3 is 1. The van der Waals surface area contributed by atoms with Gasteiger partial charge in [0.2, 0.25) is 5.56 Å². The zero-order valence-corrected chi connectivity index (χ0v) is 32.5. The van der Waals surface area contributed by atoms with Gasteiger partial charge in [0.25, 0.3) is 0 Å². The molecule has 3 aromatic carbocycles. The number of aliphatic hydroxyl groups is 1. The number of nitrogens with zero attached hydrogens (tertiary/aromatic N) is 1. The number of H-pyrrole nitrogens is 1. The van der Waals surface area contributed by atoms with Crippen LogP contribution >= 0.6 is 11.6 Å². The molecule has 0 unspecified atom stereocenters. The number of hydrogen-bond acceptors (Lipinski definition) is 11. The predicted octanol–water partition coefficient (Wildman–Crippen LogP) is 6.73. The summed E-state index contributed by atoms with van der Waals surface area (Å²) in [4.78, 5) is 42.7. The van der Waals surface area contributed by atoms with Crippen molar-refractivity contribution in [2.45, 2.75) is 82.1 Å². The van der Waals surface area contributed by atoms with Crippen molar-refractivity contribution in [1.82, 2.24) is 15.2 Å². The van der Waals surface area contributed by atoms with Crippen LogP contribution in [-0.2, 0) is 20.8 Å². The summed E-state index contributed by atoms with van der Waals surface area (Å²) in [6.45, 7) is 1.11. The summed E-state index contributed by atoms with van der Waals surface area (Å²) in [6, 6.07) is 16.6. The zero-order valence-electron chi connectivity index (χ0n) is 31.8.